The lowest BCUT2D eigenvalue weighted by Crippen LogP contribution is -2.60. The first-order valence-corrected chi connectivity index (χ1v) is 6.61. The molecule has 2 aliphatic rings. The smallest absolute Gasteiger partial charge is 0.0833 e. The second kappa shape index (κ2) is 4.84. The molecule has 15 heavy (non-hydrogen) atoms. The SMILES string of the molecule is CCCNC(C1CCC1)C1(OC)CCC1. The molecule has 1 atom stereocenters. The van der Waals surface area contributed by atoms with Crippen molar-refractivity contribution >= 4 is 0 Å². The van der Waals surface area contributed by atoms with E-state index in [0.29, 0.717) is 6.04 Å². The molecule has 0 aromatic carbocycles. The topological polar surface area (TPSA) is 21.3 Å². The molecule has 0 heterocycles. The van der Waals surface area contributed by atoms with Gasteiger partial charge in [0, 0.05) is 13.2 Å². The summed E-state index contributed by atoms with van der Waals surface area (Å²) in [5, 5.41) is 3.74. The van der Waals surface area contributed by atoms with Gasteiger partial charge in [0.1, 0.15) is 0 Å². The van der Waals surface area contributed by atoms with Crippen molar-refractivity contribution in [3.63, 3.8) is 0 Å². The third-order valence-corrected chi connectivity index (χ3v) is 4.41. The molecule has 2 aliphatic carbocycles. The molecule has 0 amide bonds. The van der Waals surface area contributed by atoms with Crippen molar-refractivity contribution < 1.29 is 4.74 Å². The third-order valence-electron chi connectivity index (χ3n) is 4.41. The van der Waals surface area contributed by atoms with Crippen LogP contribution in [0.1, 0.15) is 51.9 Å². The van der Waals surface area contributed by atoms with Gasteiger partial charge >= 0.3 is 0 Å². The van der Waals surface area contributed by atoms with E-state index in [9.17, 15) is 0 Å². The van der Waals surface area contributed by atoms with Gasteiger partial charge in [-0.05, 0) is 51.0 Å². The van der Waals surface area contributed by atoms with E-state index in [0.717, 1.165) is 12.5 Å². The van der Waals surface area contributed by atoms with Crippen molar-refractivity contribution in [1.29, 1.82) is 0 Å². The molecule has 2 rings (SSSR count). The van der Waals surface area contributed by atoms with Gasteiger partial charge in [0.25, 0.3) is 0 Å². The summed E-state index contributed by atoms with van der Waals surface area (Å²) in [6, 6.07) is 0.630. The quantitative estimate of drug-likeness (QED) is 0.729. The van der Waals surface area contributed by atoms with Crippen molar-refractivity contribution in [2.75, 3.05) is 13.7 Å². The fraction of sp³-hybridized carbons (Fsp3) is 1.00. The van der Waals surface area contributed by atoms with Crippen LogP contribution < -0.4 is 5.32 Å². The summed E-state index contributed by atoms with van der Waals surface area (Å²) in [5.74, 6) is 0.886. The van der Waals surface area contributed by atoms with Crippen LogP contribution in [-0.4, -0.2) is 25.3 Å². The Morgan fingerprint density at radius 2 is 2.07 bits per heavy atom. The molecule has 0 bridgehead atoms. The monoisotopic (exact) mass is 211 g/mol. The lowest BCUT2D eigenvalue weighted by atomic mass is 9.65. The molecule has 0 aromatic rings. The first-order valence-electron chi connectivity index (χ1n) is 6.61. The zero-order valence-electron chi connectivity index (χ0n) is 10.2. The molecule has 0 saturated heterocycles. The van der Waals surface area contributed by atoms with Crippen LogP contribution in [0.25, 0.3) is 0 Å². The fourth-order valence-electron chi connectivity index (χ4n) is 3.02. The maximum absolute atomic E-state index is 5.83. The molecule has 88 valence electrons. The van der Waals surface area contributed by atoms with Crippen molar-refractivity contribution in [3.8, 4) is 0 Å². The van der Waals surface area contributed by atoms with E-state index >= 15 is 0 Å². The number of hydrogen-bond donors (Lipinski definition) is 1. The first kappa shape index (κ1) is 11.4. The van der Waals surface area contributed by atoms with Gasteiger partial charge in [-0.2, -0.15) is 0 Å². The Kier molecular flexibility index (Phi) is 3.68. The Balaban J connectivity index is 1.96. The van der Waals surface area contributed by atoms with Gasteiger partial charge in [0.05, 0.1) is 5.60 Å². The van der Waals surface area contributed by atoms with Crippen LogP contribution in [0.15, 0.2) is 0 Å². The second-order valence-corrected chi connectivity index (χ2v) is 5.25. The maximum Gasteiger partial charge on any atom is 0.0833 e. The molecule has 1 unspecified atom stereocenters. The van der Waals surface area contributed by atoms with E-state index in [2.05, 4.69) is 12.2 Å². The van der Waals surface area contributed by atoms with Crippen LogP contribution in [0.5, 0.6) is 0 Å². The van der Waals surface area contributed by atoms with E-state index < -0.39 is 0 Å². The highest BCUT2D eigenvalue weighted by molar-refractivity contribution is 5.03. The van der Waals surface area contributed by atoms with Crippen LogP contribution in [0.3, 0.4) is 0 Å². The Labute approximate surface area is 93.8 Å². The van der Waals surface area contributed by atoms with E-state index in [-0.39, 0.29) is 5.60 Å². The highest BCUT2D eigenvalue weighted by Gasteiger charge is 2.48. The number of nitrogens with one attached hydrogen (secondary N) is 1. The molecular formula is C13H25NO. The first-order chi connectivity index (χ1) is 7.32. The standard InChI is InChI=1S/C13H25NO/c1-3-10-14-12(11-6-4-7-11)13(15-2)8-5-9-13/h11-12,14H,3-10H2,1-2H3. The molecule has 2 heteroatoms. The van der Waals surface area contributed by atoms with Crippen LogP contribution in [-0.2, 0) is 4.74 Å². The van der Waals surface area contributed by atoms with Crippen LogP contribution >= 0.6 is 0 Å². The third kappa shape index (κ3) is 2.07. The zero-order chi connectivity index (χ0) is 10.7. The van der Waals surface area contributed by atoms with E-state index in [1.54, 1.807) is 0 Å². The summed E-state index contributed by atoms with van der Waals surface area (Å²) in [5.41, 5.74) is 0.195. The van der Waals surface area contributed by atoms with E-state index in [4.69, 9.17) is 4.74 Å². The number of ether oxygens (including phenoxy) is 1. The van der Waals surface area contributed by atoms with Crippen molar-refractivity contribution in [2.45, 2.75) is 63.5 Å². The Hall–Kier alpha value is -0.0800. The Morgan fingerprint density at radius 1 is 1.33 bits per heavy atom. The minimum Gasteiger partial charge on any atom is -0.377 e. The summed E-state index contributed by atoms with van der Waals surface area (Å²) in [7, 11) is 1.90. The number of hydrogen-bond acceptors (Lipinski definition) is 2. The van der Waals surface area contributed by atoms with Gasteiger partial charge in [-0.3, -0.25) is 0 Å². The summed E-state index contributed by atoms with van der Waals surface area (Å²) in [6.45, 7) is 3.39. The average molecular weight is 211 g/mol. The molecule has 0 spiro atoms. The molecular weight excluding hydrogens is 186 g/mol. The average Bonchev–Trinajstić information content (AvgIpc) is 2.10. The minimum absolute atomic E-state index is 0.195. The van der Waals surface area contributed by atoms with Gasteiger partial charge in [0.2, 0.25) is 0 Å². The molecule has 0 aromatic heterocycles. The largest absolute Gasteiger partial charge is 0.377 e. The van der Waals surface area contributed by atoms with Gasteiger partial charge < -0.3 is 10.1 Å². The zero-order valence-corrected chi connectivity index (χ0v) is 10.2. The second-order valence-electron chi connectivity index (χ2n) is 5.25. The predicted molar refractivity (Wildman–Crippen MR) is 63.0 cm³/mol. The lowest BCUT2D eigenvalue weighted by Gasteiger charge is -2.51. The van der Waals surface area contributed by atoms with Crippen molar-refractivity contribution in [3.05, 3.63) is 0 Å². The lowest BCUT2D eigenvalue weighted by molar-refractivity contribution is -0.119. The number of rotatable bonds is 6. The minimum atomic E-state index is 0.195. The van der Waals surface area contributed by atoms with Crippen LogP contribution in [0.4, 0.5) is 0 Å². The highest BCUT2D eigenvalue weighted by Crippen LogP contribution is 2.45. The molecule has 2 saturated carbocycles. The fourth-order valence-corrected chi connectivity index (χ4v) is 3.02. The molecule has 1 N–H and O–H groups in total. The molecule has 0 radical (unpaired) electrons. The van der Waals surface area contributed by atoms with E-state index in [1.807, 2.05) is 7.11 Å². The summed E-state index contributed by atoms with van der Waals surface area (Å²) < 4.78 is 5.83. The maximum atomic E-state index is 5.83. The molecule has 2 nitrogen and oxygen atoms in total. The highest BCUT2D eigenvalue weighted by atomic mass is 16.5. The molecule has 2 fully saturated rings. The van der Waals surface area contributed by atoms with Gasteiger partial charge in [-0.1, -0.05) is 13.3 Å². The van der Waals surface area contributed by atoms with Gasteiger partial charge in [0.15, 0.2) is 0 Å². The summed E-state index contributed by atoms with van der Waals surface area (Å²) in [4.78, 5) is 0. The van der Waals surface area contributed by atoms with Gasteiger partial charge in [-0.25, -0.2) is 0 Å². The predicted octanol–water partition coefficient (Wildman–Crippen LogP) is 2.72. The summed E-state index contributed by atoms with van der Waals surface area (Å²) in [6.07, 6.45) is 9.35. The van der Waals surface area contributed by atoms with Crippen LogP contribution in [0, 0.1) is 5.92 Å². The Bertz CT molecular complexity index is 191. The molecule has 0 aliphatic heterocycles. The normalized spacial score (nSPS) is 26.8. The van der Waals surface area contributed by atoms with Crippen LogP contribution in [0.2, 0.25) is 0 Å². The van der Waals surface area contributed by atoms with E-state index in [1.165, 1.54) is 44.9 Å². The summed E-state index contributed by atoms with van der Waals surface area (Å²) >= 11 is 0. The Morgan fingerprint density at radius 3 is 2.40 bits per heavy atom. The van der Waals surface area contributed by atoms with Crippen molar-refractivity contribution in [2.24, 2.45) is 5.92 Å². The van der Waals surface area contributed by atoms with Gasteiger partial charge in [-0.15, -0.1) is 0 Å². The number of methoxy groups -OCH3 is 1. The van der Waals surface area contributed by atoms with Crippen molar-refractivity contribution in [1.82, 2.24) is 5.32 Å².